The van der Waals surface area contributed by atoms with Crippen molar-refractivity contribution in [1.82, 2.24) is 0 Å². The summed E-state index contributed by atoms with van der Waals surface area (Å²) in [4.78, 5) is 12.1. The van der Waals surface area contributed by atoms with E-state index in [2.05, 4.69) is 30.3 Å². The number of nitrogens with two attached hydrogens (primary N) is 1. The normalized spacial score (nSPS) is 13.2. The molecule has 3 nitrogen and oxygen atoms in total. The number of fused-ring (bicyclic) bond motifs is 3. The molecular formula is C20H21NO2. The van der Waals surface area contributed by atoms with E-state index in [0.29, 0.717) is 0 Å². The molecule has 1 atom stereocenters. The highest BCUT2D eigenvalue weighted by atomic mass is 16.5. The Hall–Kier alpha value is -2.39. The molecule has 0 saturated heterocycles. The minimum atomic E-state index is -0.806. The molecule has 118 valence electrons. The van der Waals surface area contributed by atoms with Crippen molar-refractivity contribution in [3.8, 4) is 0 Å². The third kappa shape index (κ3) is 2.47. The Kier molecular flexibility index (Phi) is 3.82. The average molecular weight is 307 g/mol. The molecule has 0 aliphatic carbocycles. The zero-order valence-electron chi connectivity index (χ0n) is 13.7. The highest BCUT2D eigenvalue weighted by Gasteiger charge is 2.37. The maximum Gasteiger partial charge on any atom is 0.313 e. The van der Waals surface area contributed by atoms with Crippen LogP contribution in [-0.4, -0.2) is 13.1 Å². The first kappa shape index (κ1) is 15.5. The smallest absolute Gasteiger partial charge is 0.313 e. The number of esters is 1. The van der Waals surface area contributed by atoms with Crippen LogP contribution in [-0.2, 0) is 9.53 Å². The maximum atomic E-state index is 12.1. The van der Waals surface area contributed by atoms with Gasteiger partial charge < -0.3 is 10.5 Å². The van der Waals surface area contributed by atoms with Gasteiger partial charge in [0.2, 0.25) is 0 Å². The van der Waals surface area contributed by atoms with E-state index in [-0.39, 0.29) is 5.97 Å². The molecule has 0 fully saturated rings. The summed E-state index contributed by atoms with van der Waals surface area (Å²) in [6.07, 6.45) is 0. The highest BCUT2D eigenvalue weighted by Crippen LogP contribution is 2.38. The molecule has 0 bridgehead atoms. The molecule has 0 radical (unpaired) electrons. The number of carbonyl (C=O) groups excluding carboxylic acids is 1. The van der Waals surface area contributed by atoms with Crippen LogP contribution in [0.15, 0.2) is 54.6 Å². The fraction of sp³-hybridized carbons (Fsp3) is 0.250. The van der Waals surface area contributed by atoms with Crippen LogP contribution in [0.25, 0.3) is 21.5 Å². The third-order valence-corrected chi connectivity index (χ3v) is 4.62. The summed E-state index contributed by atoms with van der Waals surface area (Å²) in [7, 11) is 1.40. The Morgan fingerprint density at radius 2 is 1.57 bits per heavy atom. The van der Waals surface area contributed by atoms with Crippen LogP contribution >= 0.6 is 0 Å². The van der Waals surface area contributed by atoms with E-state index in [4.69, 9.17) is 10.5 Å². The molecule has 0 amide bonds. The zero-order chi connectivity index (χ0) is 16.6. The molecule has 0 unspecified atom stereocenters. The maximum absolute atomic E-state index is 12.1. The summed E-state index contributed by atoms with van der Waals surface area (Å²) in [5.41, 5.74) is 6.67. The van der Waals surface area contributed by atoms with Gasteiger partial charge in [-0.2, -0.15) is 0 Å². The lowest BCUT2D eigenvalue weighted by atomic mass is 9.79. The first-order valence-electron chi connectivity index (χ1n) is 7.71. The second-order valence-corrected chi connectivity index (χ2v) is 6.42. The quantitative estimate of drug-likeness (QED) is 0.583. The number of ether oxygens (including phenoxy) is 1. The molecule has 0 spiro atoms. The van der Waals surface area contributed by atoms with Crippen molar-refractivity contribution in [2.24, 2.45) is 11.1 Å². The van der Waals surface area contributed by atoms with Gasteiger partial charge in [0.05, 0.1) is 12.5 Å². The van der Waals surface area contributed by atoms with E-state index in [1.165, 1.54) is 12.5 Å². The van der Waals surface area contributed by atoms with Gasteiger partial charge in [-0.1, -0.05) is 48.5 Å². The van der Waals surface area contributed by atoms with Crippen molar-refractivity contribution in [1.29, 1.82) is 0 Å². The number of hydrogen-bond donors (Lipinski definition) is 1. The molecule has 0 aliphatic rings. The minimum absolute atomic E-state index is 0.303. The van der Waals surface area contributed by atoms with Gasteiger partial charge in [0, 0.05) is 6.04 Å². The van der Waals surface area contributed by atoms with Gasteiger partial charge in [-0.25, -0.2) is 0 Å². The topological polar surface area (TPSA) is 52.3 Å². The van der Waals surface area contributed by atoms with Crippen LogP contribution < -0.4 is 5.73 Å². The van der Waals surface area contributed by atoms with Crippen LogP contribution in [0.5, 0.6) is 0 Å². The number of carbonyl (C=O) groups is 1. The van der Waals surface area contributed by atoms with Crippen molar-refractivity contribution < 1.29 is 9.53 Å². The molecule has 0 heterocycles. The van der Waals surface area contributed by atoms with E-state index >= 15 is 0 Å². The fourth-order valence-corrected chi connectivity index (χ4v) is 3.12. The van der Waals surface area contributed by atoms with Crippen molar-refractivity contribution in [2.75, 3.05) is 7.11 Å². The number of methoxy groups -OCH3 is 1. The summed E-state index contributed by atoms with van der Waals surface area (Å²) in [6, 6.07) is 18.0. The largest absolute Gasteiger partial charge is 0.469 e. The Morgan fingerprint density at radius 1 is 1.00 bits per heavy atom. The lowest BCUT2D eigenvalue weighted by molar-refractivity contribution is -0.152. The summed E-state index contributed by atoms with van der Waals surface area (Å²) in [6.45, 7) is 3.65. The van der Waals surface area contributed by atoms with Crippen molar-refractivity contribution in [3.63, 3.8) is 0 Å². The number of benzene rings is 3. The van der Waals surface area contributed by atoms with Crippen LogP contribution in [0.2, 0.25) is 0 Å². The highest BCUT2D eigenvalue weighted by molar-refractivity contribution is 6.09. The molecule has 0 saturated carbocycles. The molecule has 3 aromatic rings. The third-order valence-electron chi connectivity index (χ3n) is 4.62. The van der Waals surface area contributed by atoms with Gasteiger partial charge in [0.1, 0.15) is 0 Å². The molecule has 2 N–H and O–H groups in total. The first-order valence-corrected chi connectivity index (χ1v) is 7.71. The summed E-state index contributed by atoms with van der Waals surface area (Å²) in [5, 5.41) is 4.54. The standard InChI is InChI=1S/C20H21NO2/c1-20(2,19(22)23-3)18(21)17-12-13-8-4-5-9-14(13)15-10-6-7-11-16(15)17/h4-12,18H,21H2,1-3H3/t18-/m1/s1. The van der Waals surface area contributed by atoms with Crippen molar-refractivity contribution in [2.45, 2.75) is 19.9 Å². The van der Waals surface area contributed by atoms with Crippen LogP contribution in [0.1, 0.15) is 25.5 Å². The van der Waals surface area contributed by atoms with E-state index in [1.807, 2.05) is 38.1 Å². The number of hydrogen-bond acceptors (Lipinski definition) is 3. The molecule has 3 heteroatoms. The Bertz CT molecular complexity index is 883. The predicted molar refractivity (Wildman–Crippen MR) is 94.2 cm³/mol. The lowest BCUT2D eigenvalue weighted by Gasteiger charge is -2.30. The Morgan fingerprint density at radius 3 is 2.22 bits per heavy atom. The molecule has 0 aromatic heterocycles. The molecule has 3 aromatic carbocycles. The van der Waals surface area contributed by atoms with Gasteiger partial charge in [-0.15, -0.1) is 0 Å². The zero-order valence-corrected chi connectivity index (χ0v) is 13.7. The van der Waals surface area contributed by atoms with E-state index in [1.54, 1.807) is 0 Å². The van der Waals surface area contributed by atoms with Gasteiger partial charge in [0.25, 0.3) is 0 Å². The summed E-state index contributed by atoms with van der Waals surface area (Å²) < 4.78 is 4.94. The molecule has 3 rings (SSSR count). The number of rotatable bonds is 3. The second-order valence-electron chi connectivity index (χ2n) is 6.42. The SMILES string of the molecule is COC(=O)C(C)(C)[C@H](N)c1cc2ccccc2c2ccccc12. The molecule has 0 aliphatic heterocycles. The fourth-order valence-electron chi connectivity index (χ4n) is 3.12. The predicted octanol–water partition coefficient (Wildman–Crippen LogP) is 4.19. The second kappa shape index (κ2) is 5.67. The van der Waals surface area contributed by atoms with Crippen LogP contribution in [0, 0.1) is 5.41 Å². The van der Waals surface area contributed by atoms with Crippen molar-refractivity contribution in [3.05, 3.63) is 60.2 Å². The van der Waals surface area contributed by atoms with Gasteiger partial charge in [0.15, 0.2) is 0 Å². The monoisotopic (exact) mass is 307 g/mol. The summed E-state index contributed by atoms with van der Waals surface area (Å²) in [5.74, 6) is -0.303. The Balaban J connectivity index is 2.29. The van der Waals surface area contributed by atoms with Gasteiger partial charge in [-0.3, -0.25) is 4.79 Å². The average Bonchev–Trinajstić information content (AvgIpc) is 2.59. The molecule has 23 heavy (non-hydrogen) atoms. The van der Waals surface area contributed by atoms with Crippen LogP contribution in [0.4, 0.5) is 0 Å². The van der Waals surface area contributed by atoms with Crippen molar-refractivity contribution >= 4 is 27.5 Å². The molecular weight excluding hydrogens is 286 g/mol. The minimum Gasteiger partial charge on any atom is -0.469 e. The van der Waals surface area contributed by atoms with E-state index < -0.39 is 11.5 Å². The van der Waals surface area contributed by atoms with E-state index in [0.717, 1.165) is 21.7 Å². The lowest BCUT2D eigenvalue weighted by Crippen LogP contribution is -2.37. The van der Waals surface area contributed by atoms with Gasteiger partial charge in [-0.05, 0) is 47.0 Å². The Labute approximate surface area is 136 Å². The first-order chi connectivity index (χ1) is 11.0. The van der Waals surface area contributed by atoms with Gasteiger partial charge >= 0.3 is 5.97 Å². The summed E-state index contributed by atoms with van der Waals surface area (Å²) >= 11 is 0. The van der Waals surface area contributed by atoms with E-state index in [9.17, 15) is 4.79 Å². The van der Waals surface area contributed by atoms with Crippen LogP contribution in [0.3, 0.4) is 0 Å².